The predicted molar refractivity (Wildman–Crippen MR) is 89.9 cm³/mol. The van der Waals surface area contributed by atoms with Gasteiger partial charge in [0.05, 0.1) is 6.04 Å². The van der Waals surface area contributed by atoms with E-state index in [0.717, 1.165) is 23.4 Å². The minimum atomic E-state index is -0.992. The molecule has 1 atom stereocenters. The summed E-state index contributed by atoms with van der Waals surface area (Å²) in [6.45, 7) is 0.634. The van der Waals surface area contributed by atoms with Gasteiger partial charge in [0.15, 0.2) is 23.1 Å². The highest BCUT2D eigenvalue weighted by atomic mass is 32.1. The average molecular weight is 376 g/mol. The van der Waals surface area contributed by atoms with Crippen LogP contribution in [0.2, 0.25) is 0 Å². The van der Waals surface area contributed by atoms with Gasteiger partial charge in [0.2, 0.25) is 0 Å². The molecule has 0 N–H and O–H groups in total. The molecule has 134 valence electrons. The first-order chi connectivity index (χ1) is 12.6. The summed E-state index contributed by atoms with van der Waals surface area (Å²) >= 11 is 1.62. The molecule has 26 heavy (non-hydrogen) atoms. The molecule has 1 aromatic carbocycles. The van der Waals surface area contributed by atoms with Gasteiger partial charge in [-0.2, -0.15) is 0 Å². The highest BCUT2D eigenvalue weighted by Gasteiger charge is 2.35. The SMILES string of the molecule is O=C(c1cc(COc2ccc(F)c(F)c2)on1)N1CC[C@@H]1c1cccs1. The maximum Gasteiger partial charge on any atom is 0.276 e. The lowest BCUT2D eigenvalue weighted by Gasteiger charge is -2.39. The predicted octanol–water partition coefficient (Wildman–Crippen LogP) is 4.18. The Morgan fingerprint density at radius 2 is 2.19 bits per heavy atom. The van der Waals surface area contributed by atoms with Crippen molar-refractivity contribution in [3.8, 4) is 5.75 Å². The number of aromatic nitrogens is 1. The fraction of sp³-hybridized carbons (Fsp3) is 0.222. The van der Waals surface area contributed by atoms with E-state index in [1.54, 1.807) is 16.2 Å². The van der Waals surface area contributed by atoms with E-state index in [0.29, 0.717) is 12.3 Å². The highest BCUT2D eigenvalue weighted by Crippen LogP contribution is 2.36. The van der Waals surface area contributed by atoms with Gasteiger partial charge in [-0.1, -0.05) is 11.2 Å². The maximum atomic E-state index is 13.2. The molecule has 8 heteroatoms. The van der Waals surface area contributed by atoms with E-state index < -0.39 is 11.6 Å². The van der Waals surface area contributed by atoms with Gasteiger partial charge in [0.25, 0.3) is 5.91 Å². The third-order valence-electron chi connectivity index (χ3n) is 4.20. The molecule has 1 aliphatic heterocycles. The summed E-state index contributed by atoms with van der Waals surface area (Å²) in [7, 11) is 0. The second kappa shape index (κ2) is 6.87. The smallest absolute Gasteiger partial charge is 0.276 e. The Morgan fingerprint density at radius 1 is 1.31 bits per heavy atom. The number of nitrogens with zero attached hydrogens (tertiary/aromatic N) is 2. The summed E-state index contributed by atoms with van der Waals surface area (Å²) in [4.78, 5) is 15.5. The lowest BCUT2D eigenvalue weighted by atomic mass is 10.0. The number of hydrogen-bond donors (Lipinski definition) is 0. The Kier molecular flexibility index (Phi) is 4.42. The van der Waals surface area contributed by atoms with E-state index in [1.165, 1.54) is 12.1 Å². The first-order valence-electron chi connectivity index (χ1n) is 7.99. The Labute approximate surface area is 151 Å². The number of thiophene rings is 1. The van der Waals surface area contributed by atoms with Crippen LogP contribution in [0.1, 0.15) is 33.6 Å². The Morgan fingerprint density at radius 3 is 2.88 bits per heavy atom. The van der Waals surface area contributed by atoms with E-state index in [1.807, 2.05) is 17.5 Å². The van der Waals surface area contributed by atoms with E-state index in [-0.39, 0.29) is 30.0 Å². The molecule has 0 bridgehead atoms. The second-order valence-electron chi connectivity index (χ2n) is 5.86. The number of benzene rings is 1. The molecule has 5 nitrogen and oxygen atoms in total. The van der Waals surface area contributed by atoms with Crippen molar-refractivity contribution in [1.29, 1.82) is 0 Å². The van der Waals surface area contributed by atoms with Crippen molar-refractivity contribution in [2.45, 2.75) is 19.1 Å². The Balaban J connectivity index is 1.39. The summed E-state index contributed by atoms with van der Waals surface area (Å²) in [5, 5.41) is 5.79. The lowest BCUT2D eigenvalue weighted by molar-refractivity contribution is 0.0457. The Bertz CT molecular complexity index is 926. The molecule has 4 rings (SSSR count). The Hall–Kier alpha value is -2.74. The van der Waals surface area contributed by atoms with Gasteiger partial charge in [-0.15, -0.1) is 11.3 Å². The van der Waals surface area contributed by atoms with E-state index in [9.17, 15) is 13.6 Å². The zero-order valence-corrected chi connectivity index (χ0v) is 14.3. The molecule has 3 aromatic rings. The summed E-state index contributed by atoms with van der Waals surface area (Å²) in [6.07, 6.45) is 0.927. The third-order valence-corrected chi connectivity index (χ3v) is 5.18. The number of amides is 1. The largest absolute Gasteiger partial charge is 0.485 e. The van der Waals surface area contributed by atoms with Gasteiger partial charge < -0.3 is 14.2 Å². The normalized spacial score (nSPS) is 16.4. The van der Waals surface area contributed by atoms with Crippen LogP contribution >= 0.6 is 11.3 Å². The average Bonchev–Trinajstić information content (AvgIpc) is 3.27. The van der Waals surface area contributed by atoms with Crippen LogP contribution in [0.15, 0.2) is 46.3 Å². The van der Waals surface area contributed by atoms with E-state index in [4.69, 9.17) is 9.26 Å². The number of carbonyl (C=O) groups is 1. The first-order valence-corrected chi connectivity index (χ1v) is 8.87. The topological polar surface area (TPSA) is 55.6 Å². The summed E-state index contributed by atoms with van der Waals surface area (Å²) in [5.74, 6) is -1.65. The first kappa shape index (κ1) is 16.7. The third kappa shape index (κ3) is 3.20. The molecule has 3 heterocycles. The molecule has 0 saturated carbocycles. The summed E-state index contributed by atoms with van der Waals surface area (Å²) < 4.78 is 36.5. The number of ether oxygens (including phenoxy) is 1. The molecule has 1 saturated heterocycles. The number of hydrogen-bond acceptors (Lipinski definition) is 5. The summed E-state index contributed by atoms with van der Waals surface area (Å²) in [6, 6.07) is 8.81. The van der Waals surface area contributed by atoms with Crippen LogP contribution in [-0.2, 0) is 6.61 Å². The molecule has 1 amide bonds. The van der Waals surface area contributed by atoms with Crippen molar-refractivity contribution in [3.05, 3.63) is 69.7 Å². The molecule has 0 unspecified atom stereocenters. The van der Waals surface area contributed by atoms with Gasteiger partial charge in [0.1, 0.15) is 12.4 Å². The van der Waals surface area contributed by atoms with Gasteiger partial charge in [0, 0.05) is 23.6 Å². The molecule has 1 aliphatic rings. The lowest BCUT2D eigenvalue weighted by Crippen LogP contribution is -2.44. The van der Waals surface area contributed by atoms with Crippen molar-refractivity contribution in [2.24, 2.45) is 0 Å². The second-order valence-corrected chi connectivity index (χ2v) is 6.84. The van der Waals surface area contributed by atoms with Gasteiger partial charge in [-0.05, 0) is 30.0 Å². The molecule has 2 aromatic heterocycles. The van der Waals surface area contributed by atoms with E-state index in [2.05, 4.69) is 5.16 Å². The van der Waals surface area contributed by atoms with E-state index >= 15 is 0 Å². The summed E-state index contributed by atoms with van der Waals surface area (Å²) in [5.41, 5.74) is 0.204. The van der Waals surface area contributed by atoms with Crippen LogP contribution < -0.4 is 4.74 Å². The quantitative estimate of drug-likeness (QED) is 0.670. The molecular weight excluding hydrogens is 362 g/mol. The van der Waals surface area contributed by atoms with Crippen molar-refractivity contribution < 1.29 is 22.8 Å². The fourth-order valence-corrected chi connectivity index (χ4v) is 3.63. The van der Waals surface area contributed by atoms with Gasteiger partial charge in [-0.3, -0.25) is 4.79 Å². The monoisotopic (exact) mass is 376 g/mol. The minimum absolute atomic E-state index is 0.0420. The zero-order valence-electron chi connectivity index (χ0n) is 13.5. The maximum absolute atomic E-state index is 13.2. The van der Waals surface area contributed by atoms with Crippen LogP contribution in [0.4, 0.5) is 8.78 Å². The van der Waals surface area contributed by atoms with Gasteiger partial charge >= 0.3 is 0 Å². The van der Waals surface area contributed by atoms with Crippen LogP contribution in [-0.4, -0.2) is 22.5 Å². The minimum Gasteiger partial charge on any atom is -0.485 e. The fourth-order valence-electron chi connectivity index (χ4n) is 2.76. The highest BCUT2D eigenvalue weighted by molar-refractivity contribution is 7.10. The molecule has 1 fully saturated rings. The zero-order chi connectivity index (χ0) is 18.1. The molecule has 0 spiro atoms. The number of rotatable bonds is 5. The molecular formula is C18H14F2N2O3S. The number of likely N-dealkylation sites (tertiary alicyclic amines) is 1. The molecule has 0 aliphatic carbocycles. The van der Waals surface area contributed by atoms with Crippen molar-refractivity contribution in [3.63, 3.8) is 0 Å². The van der Waals surface area contributed by atoms with Crippen LogP contribution in [0.3, 0.4) is 0 Å². The van der Waals surface area contributed by atoms with Crippen molar-refractivity contribution >= 4 is 17.2 Å². The van der Waals surface area contributed by atoms with Crippen molar-refractivity contribution in [2.75, 3.05) is 6.54 Å². The van der Waals surface area contributed by atoms with Gasteiger partial charge in [-0.25, -0.2) is 8.78 Å². The number of carbonyl (C=O) groups excluding carboxylic acids is 1. The van der Waals surface area contributed by atoms with Crippen LogP contribution in [0.5, 0.6) is 5.75 Å². The standard InChI is InChI=1S/C18H14F2N2O3S/c19-13-4-3-11(8-14(13)20)24-10-12-9-15(21-25-12)18(23)22-6-5-16(22)17-2-1-7-26-17/h1-4,7-9,16H,5-6,10H2/t16-/m1/s1. The van der Waals surface area contributed by atoms with Crippen molar-refractivity contribution in [1.82, 2.24) is 10.1 Å². The number of halogens is 2. The van der Waals surface area contributed by atoms with Crippen LogP contribution in [0.25, 0.3) is 0 Å². The molecule has 0 radical (unpaired) electrons. The van der Waals surface area contributed by atoms with Crippen LogP contribution in [0, 0.1) is 11.6 Å².